The summed E-state index contributed by atoms with van der Waals surface area (Å²) in [6, 6.07) is 14.3. The van der Waals surface area contributed by atoms with Gasteiger partial charge in [-0.1, -0.05) is 12.1 Å². The quantitative estimate of drug-likeness (QED) is 0.259. The van der Waals surface area contributed by atoms with Crippen molar-refractivity contribution in [1.82, 2.24) is 30.2 Å². The van der Waals surface area contributed by atoms with Gasteiger partial charge in [0.05, 0.1) is 30.1 Å². The molecule has 15 nitrogen and oxygen atoms in total. The van der Waals surface area contributed by atoms with E-state index in [1.54, 1.807) is 18.2 Å². The van der Waals surface area contributed by atoms with E-state index >= 15 is 0 Å². The third-order valence-electron chi connectivity index (χ3n) is 12.0. The van der Waals surface area contributed by atoms with E-state index in [-0.39, 0.29) is 36.5 Å². The number of carbonyl (C=O) groups excluding carboxylic acids is 3. The van der Waals surface area contributed by atoms with Gasteiger partial charge < -0.3 is 30.1 Å². The summed E-state index contributed by atoms with van der Waals surface area (Å²) >= 11 is 0. The number of morpholine rings is 1. The molecule has 4 N–H and O–H groups in total. The van der Waals surface area contributed by atoms with Gasteiger partial charge in [-0.15, -0.1) is 10.2 Å². The summed E-state index contributed by atoms with van der Waals surface area (Å²) < 4.78 is 6.32. The lowest BCUT2D eigenvalue weighted by Crippen LogP contribution is -2.60. The van der Waals surface area contributed by atoms with Gasteiger partial charge in [0.25, 0.3) is 5.91 Å². The van der Waals surface area contributed by atoms with Gasteiger partial charge >= 0.3 is 0 Å². The standard InChI is InChI=1S/C39H47N9O6/c49-34-6-2-1-5-29(34)31-17-33-36(43-42-31)40-18-26-21-44(12-13-47(26)33)22-27-23-45(14-15-54-27)19-24-4-3-11-46(20-24)25-7-8-28-30(16-25)39(53)48(38(28)52)32-9-10-35(50)41-37(32)51/h1-2,5-8,16-17,24,26-27,32,39,49,53H,3-4,9-15,18-23H2,(H,40,43)(H,41,50,51)/t24?,26-,27-,32?,39?/m0/s1. The second-order valence-electron chi connectivity index (χ2n) is 15.5. The van der Waals surface area contributed by atoms with Crippen LogP contribution in [0.25, 0.3) is 11.3 Å². The molecule has 3 amide bonds. The number of aliphatic hydroxyl groups is 1. The number of imide groups is 1. The molecule has 0 aliphatic carbocycles. The van der Waals surface area contributed by atoms with Crippen LogP contribution < -0.4 is 20.4 Å². The Hall–Kier alpha value is -4.83. The molecule has 54 heavy (non-hydrogen) atoms. The van der Waals surface area contributed by atoms with Gasteiger partial charge in [-0.2, -0.15) is 0 Å². The number of carbonyl (C=O) groups is 3. The van der Waals surface area contributed by atoms with Gasteiger partial charge in [-0.25, -0.2) is 0 Å². The van der Waals surface area contributed by atoms with Gasteiger partial charge in [0.15, 0.2) is 12.0 Å². The maximum atomic E-state index is 13.3. The lowest BCUT2D eigenvalue weighted by Gasteiger charge is -2.47. The number of rotatable bonds is 7. The van der Waals surface area contributed by atoms with Crippen molar-refractivity contribution < 1.29 is 29.3 Å². The zero-order valence-corrected chi connectivity index (χ0v) is 30.3. The highest BCUT2D eigenvalue weighted by molar-refractivity contribution is 6.06. The number of benzene rings is 2. The van der Waals surface area contributed by atoms with Crippen LogP contribution in [0.5, 0.6) is 5.75 Å². The molecule has 2 aromatic carbocycles. The largest absolute Gasteiger partial charge is 0.507 e. The first-order chi connectivity index (χ1) is 26.3. The van der Waals surface area contributed by atoms with E-state index < -0.39 is 18.2 Å². The van der Waals surface area contributed by atoms with Crippen molar-refractivity contribution in [3.05, 3.63) is 59.7 Å². The highest BCUT2D eigenvalue weighted by Gasteiger charge is 2.45. The van der Waals surface area contributed by atoms with E-state index in [0.29, 0.717) is 41.0 Å². The Morgan fingerprint density at radius 3 is 2.63 bits per heavy atom. The van der Waals surface area contributed by atoms with E-state index in [1.165, 1.54) is 4.90 Å². The van der Waals surface area contributed by atoms with Crippen LogP contribution in [-0.2, 0) is 14.3 Å². The average molecular weight is 738 g/mol. The summed E-state index contributed by atoms with van der Waals surface area (Å²) in [7, 11) is 0. The van der Waals surface area contributed by atoms with Crippen molar-refractivity contribution >= 4 is 34.9 Å². The monoisotopic (exact) mass is 737 g/mol. The van der Waals surface area contributed by atoms with Crippen LogP contribution in [0.15, 0.2) is 48.5 Å². The van der Waals surface area contributed by atoms with Crippen molar-refractivity contribution in [2.24, 2.45) is 5.92 Å². The van der Waals surface area contributed by atoms with Gasteiger partial charge in [-0.05, 0) is 61.6 Å². The van der Waals surface area contributed by atoms with E-state index in [9.17, 15) is 24.6 Å². The molecule has 0 radical (unpaired) electrons. The Labute approximate surface area is 313 Å². The minimum absolute atomic E-state index is 0.135. The maximum absolute atomic E-state index is 13.3. The molecular weight excluding hydrogens is 690 g/mol. The molecule has 284 valence electrons. The summed E-state index contributed by atoms with van der Waals surface area (Å²) in [4.78, 5) is 48.6. The van der Waals surface area contributed by atoms with Crippen LogP contribution in [-0.4, -0.2) is 143 Å². The molecule has 0 bridgehead atoms. The molecular formula is C39H47N9O6. The Morgan fingerprint density at radius 1 is 0.889 bits per heavy atom. The molecule has 9 rings (SSSR count). The van der Waals surface area contributed by atoms with Crippen LogP contribution in [0.1, 0.15) is 47.8 Å². The number of para-hydroxylation sites is 1. The first-order valence-electron chi connectivity index (χ1n) is 19.3. The lowest BCUT2D eigenvalue weighted by atomic mass is 9.96. The van der Waals surface area contributed by atoms with Crippen LogP contribution in [0.3, 0.4) is 0 Å². The van der Waals surface area contributed by atoms with E-state index in [1.807, 2.05) is 30.3 Å². The molecule has 7 heterocycles. The minimum Gasteiger partial charge on any atom is -0.507 e. The second-order valence-corrected chi connectivity index (χ2v) is 15.5. The maximum Gasteiger partial charge on any atom is 0.257 e. The predicted octanol–water partition coefficient (Wildman–Crippen LogP) is 1.63. The van der Waals surface area contributed by atoms with Gasteiger partial charge in [0, 0.05) is 94.2 Å². The number of ether oxygens (including phenoxy) is 1. The van der Waals surface area contributed by atoms with E-state index in [2.05, 4.69) is 40.4 Å². The van der Waals surface area contributed by atoms with Crippen molar-refractivity contribution in [2.75, 3.05) is 87.2 Å². The number of nitrogens with zero attached hydrogens (tertiary/aromatic N) is 7. The highest BCUT2D eigenvalue weighted by atomic mass is 16.5. The molecule has 0 saturated carbocycles. The minimum atomic E-state index is -1.23. The van der Waals surface area contributed by atoms with Gasteiger partial charge in [-0.3, -0.25) is 34.4 Å². The van der Waals surface area contributed by atoms with Crippen molar-refractivity contribution in [1.29, 1.82) is 0 Å². The van der Waals surface area contributed by atoms with Gasteiger partial charge in [0.2, 0.25) is 11.8 Å². The van der Waals surface area contributed by atoms with Crippen molar-refractivity contribution in [3.8, 4) is 17.0 Å². The summed E-state index contributed by atoms with van der Waals surface area (Å²) in [6.07, 6.45) is 1.44. The summed E-state index contributed by atoms with van der Waals surface area (Å²) in [5, 5.41) is 36.2. The number of phenols is 1. The Kier molecular flexibility index (Phi) is 9.33. The molecule has 5 atom stereocenters. The van der Waals surface area contributed by atoms with E-state index in [0.717, 1.165) is 95.5 Å². The van der Waals surface area contributed by atoms with E-state index in [4.69, 9.17) is 4.74 Å². The Bertz CT molecular complexity index is 1950. The fraction of sp³-hybridized carbons (Fsp3) is 0.513. The summed E-state index contributed by atoms with van der Waals surface area (Å²) in [5.41, 5.74) is 4.25. The molecule has 3 unspecified atom stereocenters. The number of fused-ring (bicyclic) bond motifs is 4. The third-order valence-corrected chi connectivity index (χ3v) is 12.0. The number of amides is 3. The zero-order chi connectivity index (χ0) is 36.9. The number of nitrogens with one attached hydrogen (secondary N) is 2. The second kappa shape index (κ2) is 14.4. The summed E-state index contributed by atoms with van der Waals surface area (Å²) in [6.45, 7) is 9.69. The van der Waals surface area contributed by atoms with Crippen LogP contribution in [0.4, 0.5) is 17.2 Å². The molecule has 4 fully saturated rings. The topological polar surface area (TPSA) is 167 Å². The van der Waals surface area contributed by atoms with Gasteiger partial charge in [0.1, 0.15) is 11.8 Å². The number of aliphatic hydroxyl groups excluding tert-OH is 1. The van der Waals surface area contributed by atoms with Crippen LogP contribution in [0, 0.1) is 5.92 Å². The number of hydrogen-bond acceptors (Lipinski definition) is 13. The fourth-order valence-electron chi connectivity index (χ4n) is 9.31. The Balaban J connectivity index is 0.792. The average Bonchev–Trinajstić information content (AvgIpc) is 3.43. The number of anilines is 3. The molecule has 15 heteroatoms. The number of piperazine rings is 1. The normalized spacial score (nSPS) is 27.6. The lowest BCUT2D eigenvalue weighted by molar-refractivity contribution is -0.139. The zero-order valence-electron chi connectivity index (χ0n) is 30.3. The fourth-order valence-corrected chi connectivity index (χ4v) is 9.31. The highest BCUT2D eigenvalue weighted by Crippen LogP contribution is 2.39. The van der Waals surface area contributed by atoms with Crippen LogP contribution in [0.2, 0.25) is 0 Å². The number of aromatic nitrogens is 2. The first-order valence-corrected chi connectivity index (χ1v) is 19.3. The predicted molar refractivity (Wildman–Crippen MR) is 200 cm³/mol. The molecule has 4 saturated heterocycles. The third kappa shape index (κ3) is 6.63. The molecule has 6 aliphatic rings. The number of hydrogen-bond donors (Lipinski definition) is 4. The molecule has 0 spiro atoms. The van der Waals surface area contributed by atoms with Crippen molar-refractivity contribution in [3.63, 3.8) is 0 Å². The SMILES string of the molecule is O=C1CCC(N2C(=O)c3ccc(N4CCCC(CN5CCO[C@@H](CN6CCN7c8cc(-c9ccccc9O)nnc8NC[C@H]7C6)C5)C4)cc3C2O)C(=O)N1. The number of aromatic hydroxyl groups is 1. The molecule has 1 aromatic heterocycles. The smallest absolute Gasteiger partial charge is 0.257 e. The number of piperidine rings is 2. The molecule has 3 aromatic rings. The Morgan fingerprint density at radius 2 is 1.76 bits per heavy atom. The van der Waals surface area contributed by atoms with Crippen molar-refractivity contribution in [2.45, 2.75) is 50.1 Å². The van der Waals surface area contributed by atoms with Crippen LogP contribution >= 0.6 is 0 Å². The molecule has 6 aliphatic heterocycles. The number of phenolic OH excluding ortho intramolecular Hbond substituents is 1. The first kappa shape index (κ1) is 34.9. The summed E-state index contributed by atoms with van der Waals surface area (Å²) in [5.74, 6) is 0.174.